The topological polar surface area (TPSA) is 67.4 Å². The third kappa shape index (κ3) is 5.05. The van der Waals surface area contributed by atoms with Crippen molar-refractivity contribution in [1.29, 1.82) is 0 Å². The first kappa shape index (κ1) is 18.4. The van der Waals surface area contributed by atoms with Crippen molar-refractivity contribution in [3.05, 3.63) is 46.6 Å². The van der Waals surface area contributed by atoms with E-state index in [0.717, 1.165) is 18.4 Å². The average Bonchev–Trinajstić information content (AvgIpc) is 3.40. The molecule has 0 atom stereocenters. The van der Waals surface area contributed by atoms with E-state index in [2.05, 4.69) is 10.6 Å². The van der Waals surface area contributed by atoms with Gasteiger partial charge in [0.25, 0.3) is 5.91 Å². The fourth-order valence-electron chi connectivity index (χ4n) is 2.41. The SMILES string of the molecule is Cc1cc(NC(=O)C2CC2)sc1C(=O)NCCCOc1ccc(F)cc1. The lowest BCUT2D eigenvalue weighted by molar-refractivity contribution is -0.117. The van der Waals surface area contributed by atoms with Gasteiger partial charge in [-0.05, 0) is 62.1 Å². The molecule has 2 N–H and O–H groups in total. The van der Waals surface area contributed by atoms with Crippen LogP contribution < -0.4 is 15.4 Å². The van der Waals surface area contributed by atoms with Crippen LogP contribution in [0.2, 0.25) is 0 Å². The van der Waals surface area contributed by atoms with Crippen LogP contribution in [0.4, 0.5) is 9.39 Å². The number of rotatable bonds is 8. The summed E-state index contributed by atoms with van der Waals surface area (Å²) >= 11 is 1.29. The Labute approximate surface area is 155 Å². The molecule has 0 spiro atoms. The van der Waals surface area contributed by atoms with Gasteiger partial charge in [-0.1, -0.05) is 0 Å². The lowest BCUT2D eigenvalue weighted by atomic mass is 10.2. The molecule has 138 valence electrons. The van der Waals surface area contributed by atoms with Crippen molar-refractivity contribution in [1.82, 2.24) is 5.32 Å². The smallest absolute Gasteiger partial charge is 0.261 e. The fraction of sp³-hybridized carbons (Fsp3) is 0.368. The van der Waals surface area contributed by atoms with E-state index in [1.165, 1.54) is 23.5 Å². The third-order valence-electron chi connectivity index (χ3n) is 4.01. The molecule has 1 aliphatic rings. The number of aryl methyl sites for hydroxylation is 1. The van der Waals surface area contributed by atoms with Crippen LogP contribution in [0.3, 0.4) is 0 Å². The van der Waals surface area contributed by atoms with Crippen LogP contribution in [0.15, 0.2) is 30.3 Å². The summed E-state index contributed by atoms with van der Waals surface area (Å²) in [4.78, 5) is 24.7. The largest absolute Gasteiger partial charge is 0.494 e. The molecule has 0 radical (unpaired) electrons. The number of hydrogen-bond donors (Lipinski definition) is 2. The van der Waals surface area contributed by atoms with Gasteiger partial charge in [-0.25, -0.2) is 4.39 Å². The molecule has 1 aliphatic carbocycles. The van der Waals surface area contributed by atoms with E-state index in [0.29, 0.717) is 35.2 Å². The Kier molecular flexibility index (Phi) is 5.88. The highest BCUT2D eigenvalue weighted by atomic mass is 32.1. The van der Waals surface area contributed by atoms with Gasteiger partial charge in [-0.3, -0.25) is 9.59 Å². The summed E-state index contributed by atoms with van der Waals surface area (Å²) < 4.78 is 18.3. The van der Waals surface area contributed by atoms with Crippen LogP contribution in [0.1, 0.15) is 34.5 Å². The van der Waals surface area contributed by atoms with E-state index >= 15 is 0 Å². The average molecular weight is 376 g/mol. The van der Waals surface area contributed by atoms with Crippen LogP contribution in [-0.4, -0.2) is 25.0 Å². The van der Waals surface area contributed by atoms with E-state index in [1.807, 2.05) is 13.0 Å². The highest BCUT2D eigenvalue weighted by Gasteiger charge is 2.30. The summed E-state index contributed by atoms with van der Waals surface area (Å²) in [6.45, 7) is 2.76. The molecule has 2 amide bonds. The Morgan fingerprint density at radius 1 is 1.27 bits per heavy atom. The maximum Gasteiger partial charge on any atom is 0.261 e. The lowest BCUT2D eigenvalue weighted by Crippen LogP contribution is -2.25. The first-order valence-electron chi connectivity index (χ1n) is 8.61. The van der Waals surface area contributed by atoms with Gasteiger partial charge < -0.3 is 15.4 Å². The van der Waals surface area contributed by atoms with E-state index < -0.39 is 0 Å². The molecule has 3 rings (SSSR count). The zero-order chi connectivity index (χ0) is 18.5. The number of anilines is 1. The van der Waals surface area contributed by atoms with Gasteiger partial charge in [0.2, 0.25) is 5.91 Å². The molecule has 1 saturated carbocycles. The van der Waals surface area contributed by atoms with Crippen molar-refractivity contribution in [2.24, 2.45) is 5.92 Å². The second-order valence-corrected chi connectivity index (χ2v) is 7.35. The summed E-state index contributed by atoms with van der Waals surface area (Å²) in [5, 5.41) is 6.44. The van der Waals surface area contributed by atoms with Gasteiger partial charge in [0.1, 0.15) is 11.6 Å². The number of nitrogens with one attached hydrogen (secondary N) is 2. The molecule has 5 nitrogen and oxygen atoms in total. The maximum absolute atomic E-state index is 12.8. The zero-order valence-corrected chi connectivity index (χ0v) is 15.3. The van der Waals surface area contributed by atoms with E-state index in [1.54, 1.807) is 12.1 Å². The number of thiophene rings is 1. The molecule has 0 aliphatic heterocycles. The Hall–Kier alpha value is -2.41. The predicted molar refractivity (Wildman–Crippen MR) is 99.3 cm³/mol. The first-order valence-corrected chi connectivity index (χ1v) is 9.42. The normalized spacial score (nSPS) is 13.3. The molecule has 1 aromatic heterocycles. The lowest BCUT2D eigenvalue weighted by Gasteiger charge is -2.07. The number of hydrogen-bond acceptors (Lipinski definition) is 4. The van der Waals surface area contributed by atoms with Gasteiger partial charge in [-0.15, -0.1) is 11.3 Å². The summed E-state index contributed by atoms with van der Waals surface area (Å²) in [5.74, 6) is 0.319. The van der Waals surface area contributed by atoms with Crippen molar-refractivity contribution in [3.8, 4) is 5.75 Å². The molecule has 0 unspecified atom stereocenters. The second kappa shape index (κ2) is 8.31. The van der Waals surface area contributed by atoms with Crippen molar-refractivity contribution in [3.63, 3.8) is 0 Å². The van der Waals surface area contributed by atoms with E-state index in [9.17, 15) is 14.0 Å². The minimum Gasteiger partial charge on any atom is -0.494 e. The molecule has 1 fully saturated rings. The van der Waals surface area contributed by atoms with Gasteiger partial charge in [-0.2, -0.15) is 0 Å². The highest BCUT2D eigenvalue weighted by molar-refractivity contribution is 7.18. The molecular weight excluding hydrogens is 355 g/mol. The quantitative estimate of drug-likeness (QED) is 0.690. The number of halogens is 1. The Bertz CT molecular complexity index is 785. The molecule has 2 aromatic rings. The minimum absolute atomic E-state index is 0.0381. The standard InChI is InChI=1S/C19H21FN2O3S/c1-12-11-16(22-18(23)13-3-4-13)26-17(12)19(24)21-9-2-10-25-15-7-5-14(20)6-8-15/h5-8,11,13H,2-4,9-10H2,1H3,(H,21,24)(H,22,23). The van der Waals surface area contributed by atoms with Crippen LogP contribution in [-0.2, 0) is 4.79 Å². The van der Waals surface area contributed by atoms with Crippen LogP contribution in [0.5, 0.6) is 5.75 Å². The number of carbonyl (C=O) groups excluding carboxylic acids is 2. The highest BCUT2D eigenvalue weighted by Crippen LogP contribution is 2.32. The second-order valence-electron chi connectivity index (χ2n) is 6.30. The van der Waals surface area contributed by atoms with Crippen molar-refractivity contribution < 1.29 is 18.7 Å². The summed E-state index contributed by atoms with van der Waals surface area (Å²) in [6.07, 6.45) is 2.53. The van der Waals surface area contributed by atoms with Crippen LogP contribution >= 0.6 is 11.3 Å². The molecule has 26 heavy (non-hydrogen) atoms. The van der Waals surface area contributed by atoms with Gasteiger partial charge in [0, 0.05) is 12.5 Å². The number of amides is 2. The Morgan fingerprint density at radius 2 is 2.00 bits per heavy atom. The summed E-state index contributed by atoms with van der Waals surface area (Å²) in [7, 11) is 0. The van der Waals surface area contributed by atoms with Gasteiger partial charge in [0.05, 0.1) is 16.5 Å². The number of carbonyl (C=O) groups is 2. The van der Waals surface area contributed by atoms with Crippen molar-refractivity contribution in [2.45, 2.75) is 26.2 Å². The Morgan fingerprint density at radius 3 is 2.69 bits per heavy atom. The zero-order valence-electron chi connectivity index (χ0n) is 14.5. The van der Waals surface area contributed by atoms with E-state index in [4.69, 9.17) is 4.74 Å². The molecule has 7 heteroatoms. The number of ether oxygens (including phenoxy) is 1. The monoisotopic (exact) mass is 376 g/mol. The van der Waals surface area contributed by atoms with Crippen molar-refractivity contribution in [2.75, 3.05) is 18.5 Å². The van der Waals surface area contributed by atoms with Crippen LogP contribution in [0, 0.1) is 18.7 Å². The van der Waals surface area contributed by atoms with Gasteiger partial charge >= 0.3 is 0 Å². The summed E-state index contributed by atoms with van der Waals surface area (Å²) in [5.41, 5.74) is 0.848. The molecule has 1 aromatic carbocycles. The molecular formula is C19H21FN2O3S. The fourth-order valence-corrected chi connectivity index (χ4v) is 3.41. The van der Waals surface area contributed by atoms with Crippen LogP contribution in [0.25, 0.3) is 0 Å². The first-order chi connectivity index (χ1) is 12.5. The van der Waals surface area contributed by atoms with E-state index in [-0.39, 0.29) is 23.5 Å². The predicted octanol–water partition coefficient (Wildman–Crippen LogP) is 3.74. The minimum atomic E-state index is -0.302. The maximum atomic E-state index is 12.8. The molecule has 1 heterocycles. The number of benzene rings is 1. The third-order valence-corrected chi connectivity index (χ3v) is 5.16. The molecule has 0 bridgehead atoms. The summed E-state index contributed by atoms with van der Waals surface area (Å²) in [6, 6.07) is 7.66. The van der Waals surface area contributed by atoms with Gasteiger partial charge in [0.15, 0.2) is 0 Å². The Balaban J connectivity index is 1.40. The molecule has 0 saturated heterocycles. The van der Waals surface area contributed by atoms with Crippen molar-refractivity contribution >= 4 is 28.2 Å².